The molecule has 2 aliphatic heterocycles. The van der Waals surface area contributed by atoms with E-state index in [4.69, 9.17) is 11.6 Å². The van der Waals surface area contributed by atoms with Crippen LogP contribution in [0.15, 0.2) is 42.5 Å². The maximum Gasteiger partial charge on any atom is 0.282 e. The van der Waals surface area contributed by atoms with Crippen molar-refractivity contribution in [3.05, 3.63) is 64.2 Å². The molecule has 0 N–H and O–H groups in total. The number of carbonyl (C=O) groups is 1. The molecule has 0 radical (unpaired) electrons. The number of benzene rings is 2. The zero-order chi connectivity index (χ0) is 22.9. The molecule has 0 unspecified atom stereocenters. The predicted molar refractivity (Wildman–Crippen MR) is 127 cm³/mol. The van der Waals surface area contributed by atoms with Gasteiger partial charge in [0.15, 0.2) is 0 Å². The minimum atomic E-state index is -3.60. The Morgan fingerprint density at radius 3 is 2.44 bits per heavy atom. The molecular formula is C23H29ClN4O3S. The van der Waals surface area contributed by atoms with E-state index in [0.717, 1.165) is 43.0 Å². The summed E-state index contributed by atoms with van der Waals surface area (Å²) >= 11 is 6.22. The Labute approximate surface area is 195 Å². The lowest BCUT2D eigenvalue weighted by molar-refractivity contribution is -0.129. The van der Waals surface area contributed by atoms with Gasteiger partial charge >= 0.3 is 0 Å². The number of carbonyl (C=O) groups excluding carboxylic acids is 1. The summed E-state index contributed by atoms with van der Waals surface area (Å²) in [5.41, 5.74) is 4.15. The highest BCUT2D eigenvalue weighted by atomic mass is 35.5. The van der Waals surface area contributed by atoms with Gasteiger partial charge in [0.1, 0.15) is 0 Å². The van der Waals surface area contributed by atoms with Gasteiger partial charge in [0.2, 0.25) is 5.91 Å². The van der Waals surface area contributed by atoms with E-state index in [0.29, 0.717) is 24.5 Å². The second-order valence-electron chi connectivity index (χ2n) is 8.38. The van der Waals surface area contributed by atoms with E-state index >= 15 is 0 Å². The highest BCUT2D eigenvalue weighted by Gasteiger charge is 2.31. The lowest BCUT2D eigenvalue weighted by Crippen LogP contribution is -2.48. The van der Waals surface area contributed by atoms with Crippen LogP contribution in [-0.4, -0.2) is 67.6 Å². The van der Waals surface area contributed by atoms with Crippen molar-refractivity contribution >= 4 is 33.4 Å². The van der Waals surface area contributed by atoms with Gasteiger partial charge in [0, 0.05) is 70.5 Å². The zero-order valence-corrected chi connectivity index (χ0v) is 20.1. The summed E-state index contributed by atoms with van der Waals surface area (Å²) in [6.07, 6.45) is 0.676. The first kappa shape index (κ1) is 23.0. The summed E-state index contributed by atoms with van der Waals surface area (Å²) in [7, 11) is -2.01. The van der Waals surface area contributed by atoms with Gasteiger partial charge in [-0.3, -0.25) is 4.79 Å². The number of rotatable bonds is 5. The van der Waals surface area contributed by atoms with Crippen molar-refractivity contribution in [1.29, 1.82) is 0 Å². The second kappa shape index (κ2) is 9.39. The van der Waals surface area contributed by atoms with Crippen molar-refractivity contribution in [2.24, 2.45) is 0 Å². The minimum Gasteiger partial charge on any atom is -0.368 e. The molecule has 0 spiro atoms. The SMILES string of the molecule is CC(=O)N1CCN(c2ccc3c(c2)CCN(S(=O)(=O)N(C)Cc2ccccc2Cl)C3)CC1. The van der Waals surface area contributed by atoms with Gasteiger partial charge in [0.25, 0.3) is 10.2 Å². The van der Waals surface area contributed by atoms with E-state index in [1.165, 1.54) is 14.2 Å². The molecule has 2 aromatic carbocycles. The molecule has 7 nitrogen and oxygen atoms in total. The average molecular weight is 477 g/mol. The first-order chi connectivity index (χ1) is 15.3. The van der Waals surface area contributed by atoms with Crippen molar-refractivity contribution in [1.82, 2.24) is 13.5 Å². The van der Waals surface area contributed by atoms with Crippen molar-refractivity contribution < 1.29 is 13.2 Å². The normalized spacial score (nSPS) is 17.5. The molecule has 1 saturated heterocycles. The topological polar surface area (TPSA) is 64.2 Å². The van der Waals surface area contributed by atoms with Crippen LogP contribution >= 0.6 is 11.6 Å². The Balaban J connectivity index is 1.43. The Morgan fingerprint density at radius 2 is 1.75 bits per heavy atom. The summed E-state index contributed by atoms with van der Waals surface area (Å²) in [5.74, 6) is 0.121. The molecule has 0 bridgehead atoms. The summed E-state index contributed by atoms with van der Waals surface area (Å²) in [6, 6.07) is 13.6. The van der Waals surface area contributed by atoms with Crippen LogP contribution in [0.4, 0.5) is 5.69 Å². The van der Waals surface area contributed by atoms with Gasteiger partial charge in [-0.25, -0.2) is 0 Å². The van der Waals surface area contributed by atoms with Crippen molar-refractivity contribution in [3.8, 4) is 0 Å². The molecule has 172 valence electrons. The third kappa shape index (κ3) is 4.78. The number of piperazine rings is 1. The second-order valence-corrected chi connectivity index (χ2v) is 10.8. The smallest absolute Gasteiger partial charge is 0.282 e. The first-order valence-corrected chi connectivity index (χ1v) is 12.6. The number of nitrogens with zero attached hydrogens (tertiary/aromatic N) is 4. The van der Waals surface area contributed by atoms with E-state index in [1.54, 1.807) is 20.0 Å². The highest BCUT2D eigenvalue weighted by Crippen LogP contribution is 2.28. The van der Waals surface area contributed by atoms with E-state index in [1.807, 2.05) is 29.2 Å². The minimum absolute atomic E-state index is 0.121. The molecular weight excluding hydrogens is 448 g/mol. The number of hydrogen-bond acceptors (Lipinski definition) is 4. The van der Waals surface area contributed by atoms with Crippen LogP contribution in [-0.2, 0) is 34.5 Å². The fraction of sp³-hybridized carbons (Fsp3) is 0.435. The van der Waals surface area contributed by atoms with Gasteiger partial charge in [0.05, 0.1) is 0 Å². The lowest BCUT2D eigenvalue weighted by Gasteiger charge is -2.36. The van der Waals surface area contributed by atoms with E-state index in [9.17, 15) is 13.2 Å². The van der Waals surface area contributed by atoms with Crippen LogP contribution in [0.5, 0.6) is 0 Å². The fourth-order valence-corrected chi connectivity index (χ4v) is 5.85. The van der Waals surface area contributed by atoms with Gasteiger partial charge < -0.3 is 9.80 Å². The summed E-state index contributed by atoms with van der Waals surface area (Å²) in [5, 5.41) is 0.565. The third-order valence-corrected chi connectivity index (χ3v) is 8.58. The molecule has 2 aromatic rings. The predicted octanol–water partition coefficient (Wildman–Crippen LogP) is 2.74. The maximum atomic E-state index is 13.2. The molecule has 1 fully saturated rings. The molecule has 0 atom stereocenters. The molecule has 0 saturated carbocycles. The number of fused-ring (bicyclic) bond motifs is 1. The van der Waals surface area contributed by atoms with Gasteiger partial charge in [-0.15, -0.1) is 0 Å². The Kier molecular flexibility index (Phi) is 6.76. The molecule has 4 rings (SSSR count). The first-order valence-electron chi connectivity index (χ1n) is 10.8. The van der Waals surface area contributed by atoms with Gasteiger partial charge in [-0.2, -0.15) is 17.0 Å². The van der Waals surface area contributed by atoms with Gasteiger partial charge in [-0.1, -0.05) is 35.9 Å². The molecule has 2 heterocycles. The van der Waals surface area contributed by atoms with Crippen molar-refractivity contribution in [3.63, 3.8) is 0 Å². The van der Waals surface area contributed by atoms with Crippen LogP contribution in [0.25, 0.3) is 0 Å². The maximum absolute atomic E-state index is 13.2. The van der Waals surface area contributed by atoms with Crippen LogP contribution < -0.4 is 4.90 Å². The zero-order valence-electron chi connectivity index (χ0n) is 18.5. The summed E-state index contributed by atoms with van der Waals surface area (Å²) in [6.45, 7) is 5.74. The molecule has 9 heteroatoms. The van der Waals surface area contributed by atoms with Crippen LogP contribution in [0.1, 0.15) is 23.6 Å². The monoisotopic (exact) mass is 476 g/mol. The largest absolute Gasteiger partial charge is 0.368 e. The highest BCUT2D eigenvalue weighted by molar-refractivity contribution is 7.86. The number of amides is 1. The Hall–Kier alpha value is -2.13. The molecule has 1 amide bonds. The molecule has 0 aromatic heterocycles. The molecule has 32 heavy (non-hydrogen) atoms. The fourth-order valence-electron chi connectivity index (χ4n) is 4.33. The lowest BCUT2D eigenvalue weighted by atomic mass is 10.00. The van der Waals surface area contributed by atoms with E-state index in [-0.39, 0.29) is 12.5 Å². The van der Waals surface area contributed by atoms with Crippen LogP contribution in [0, 0.1) is 0 Å². The average Bonchev–Trinajstić information content (AvgIpc) is 2.79. The van der Waals surface area contributed by atoms with Crippen LogP contribution in [0.2, 0.25) is 5.02 Å². The molecule has 0 aliphatic carbocycles. The number of hydrogen-bond donors (Lipinski definition) is 0. The van der Waals surface area contributed by atoms with E-state index in [2.05, 4.69) is 17.0 Å². The Bertz CT molecular complexity index is 1100. The quantitative estimate of drug-likeness (QED) is 0.665. The van der Waals surface area contributed by atoms with Gasteiger partial charge in [-0.05, 0) is 41.3 Å². The number of anilines is 1. The summed E-state index contributed by atoms with van der Waals surface area (Å²) < 4.78 is 29.3. The summed E-state index contributed by atoms with van der Waals surface area (Å²) in [4.78, 5) is 15.7. The number of halogens is 1. The third-order valence-electron chi connectivity index (χ3n) is 6.33. The molecule has 2 aliphatic rings. The van der Waals surface area contributed by atoms with Crippen molar-refractivity contribution in [2.75, 3.05) is 44.7 Å². The standard InChI is InChI=1S/C23H29ClN4O3S/c1-18(29)26-11-13-27(14-12-26)22-8-7-20-17-28(10-9-19(20)15-22)32(30,31)25(2)16-21-5-3-4-6-23(21)24/h3-8,15H,9-14,16-17H2,1-2H3. The van der Waals surface area contributed by atoms with Crippen LogP contribution in [0.3, 0.4) is 0 Å². The Morgan fingerprint density at radius 1 is 1.03 bits per heavy atom. The van der Waals surface area contributed by atoms with E-state index < -0.39 is 10.2 Å². The van der Waals surface area contributed by atoms with Crippen molar-refractivity contribution in [2.45, 2.75) is 26.4 Å².